The van der Waals surface area contributed by atoms with Crippen LogP contribution in [0.3, 0.4) is 0 Å². The van der Waals surface area contributed by atoms with Crippen LogP contribution in [0.5, 0.6) is 17.4 Å². The number of anilines is 1. The molecule has 3 aromatic rings. The summed E-state index contributed by atoms with van der Waals surface area (Å²) in [5.41, 5.74) is 1.11. The molecule has 1 aliphatic heterocycles. The second-order valence-corrected chi connectivity index (χ2v) is 6.70. The zero-order chi connectivity index (χ0) is 19.5. The van der Waals surface area contributed by atoms with E-state index in [-0.39, 0.29) is 6.04 Å². The summed E-state index contributed by atoms with van der Waals surface area (Å²) >= 11 is 5.89. The fourth-order valence-corrected chi connectivity index (χ4v) is 3.23. The maximum Gasteiger partial charge on any atom is 0.237 e. The van der Waals surface area contributed by atoms with Crippen molar-refractivity contribution in [3.05, 3.63) is 83.9 Å². The summed E-state index contributed by atoms with van der Waals surface area (Å²) in [5, 5.41) is 3.94. The van der Waals surface area contributed by atoms with Gasteiger partial charge in [-0.05, 0) is 42.0 Å². The molecule has 1 unspecified atom stereocenters. The third-order valence-corrected chi connectivity index (χ3v) is 4.73. The van der Waals surface area contributed by atoms with E-state index >= 15 is 0 Å². The molecule has 0 radical (unpaired) electrons. The summed E-state index contributed by atoms with van der Waals surface area (Å²) < 4.78 is 11.1. The fraction of sp³-hybridized carbons (Fsp3) is 0.143. The van der Waals surface area contributed by atoms with Crippen molar-refractivity contribution in [2.24, 2.45) is 0 Å². The van der Waals surface area contributed by atoms with E-state index in [0.717, 1.165) is 23.7 Å². The van der Waals surface area contributed by atoms with E-state index in [2.05, 4.69) is 27.9 Å². The van der Waals surface area contributed by atoms with Crippen LogP contribution in [0.2, 0.25) is 5.02 Å². The van der Waals surface area contributed by atoms with Gasteiger partial charge in [-0.1, -0.05) is 30.3 Å². The van der Waals surface area contributed by atoms with E-state index in [1.165, 1.54) is 0 Å². The first-order valence-corrected chi connectivity index (χ1v) is 9.13. The van der Waals surface area contributed by atoms with Gasteiger partial charge in [-0.2, -0.15) is 0 Å². The van der Waals surface area contributed by atoms with Gasteiger partial charge < -0.3 is 19.7 Å². The first kappa shape index (κ1) is 18.1. The number of nitrogens with one attached hydrogen (secondary N) is 1. The van der Waals surface area contributed by atoms with Crippen LogP contribution in [0, 0.1) is 0 Å². The molecule has 1 N–H and O–H groups in total. The zero-order valence-corrected chi connectivity index (χ0v) is 16.1. The summed E-state index contributed by atoms with van der Waals surface area (Å²) in [6, 6.07) is 15.1. The molecule has 1 saturated heterocycles. The van der Waals surface area contributed by atoms with Crippen molar-refractivity contribution < 1.29 is 9.47 Å². The number of methoxy groups -OCH3 is 1. The van der Waals surface area contributed by atoms with E-state index in [4.69, 9.17) is 21.1 Å². The lowest BCUT2D eigenvalue weighted by Crippen LogP contribution is -2.23. The summed E-state index contributed by atoms with van der Waals surface area (Å²) in [6.07, 6.45) is 3.27. The molecule has 6 nitrogen and oxygen atoms in total. The Morgan fingerprint density at radius 1 is 1.11 bits per heavy atom. The normalized spacial score (nSPS) is 16.0. The highest BCUT2D eigenvalue weighted by Crippen LogP contribution is 2.34. The van der Waals surface area contributed by atoms with Gasteiger partial charge in [-0.15, -0.1) is 0 Å². The lowest BCUT2D eigenvalue weighted by molar-refractivity contribution is 0.414. The number of rotatable bonds is 5. The van der Waals surface area contributed by atoms with Crippen molar-refractivity contribution in [2.75, 3.05) is 18.6 Å². The Kier molecular flexibility index (Phi) is 5.04. The van der Waals surface area contributed by atoms with Crippen LogP contribution in [0.1, 0.15) is 11.6 Å². The highest BCUT2D eigenvalue weighted by molar-refractivity contribution is 6.30. The Labute approximate surface area is 168 Å². The SMILES string of the molecule is C=C1NCC(c2cccc(OC)c2)N1c1cnc(Oc2ccc(Cl)cc2)cn1. The number of hydrogen-bond donors (Lipinski definition) is 1. The van der Waals surface area contributed by atoms with Crippen LogP contribution in [-0.4, -0.2) is 23.6 Å². The molecule has 1 atom stereocenters. The predicted molar refractivity (Wildman–Crippen MR) is 109 cm³/mol. The van der Waals surface area contributed by atoms with E-state index in [1.807, 2.05) is 23.1 Å². The second kappa shape index (κ2) is 7.78. The maximum absolute atomic E-state index is 5.89. The zero-order valence-electron chi connectivity index (χ0n) is 15.3. The van der Waals surface area contributed by atoms with E-state index in [0.29, 0.717) is 22.5 Å². The first-order chi connectivity index (χ1) is 13.6. The maximum atomic E-state index is 5.89. The highest BCUT2D eigenvalue weighted by atomic mass is 35.5. The lowest BCUT2D eigenvalue weighted by Gasteiger charge is -2.25. The molecule has 0 amide bonds. The molecule has 0 saturated carbocycles. The summed E-state index contributed by atoms with van der Waals surface area (Å²) in [6.45, 7) is 4.82. The van der Waals surface area contributed by atoms with Gasteiger partial charge in [0.05, 0.1) is 25.5 Å². The van der Waals surface area contributed by atoms with Gasteiger partial charge in [-0.3, -0.25) is 0 Å². The van der Waals surface area contributed by atoms with Crippen molar-refractivity contribution in [1.82, 2.24) is 15.3 Å². The number of aromatic nitrogens is 2. The molecule has 1 aromatic heterocycles. The van der Waals surface area contributed by atoms with E-state index in [1.54, 1.807) is 43.8 Å². The molecule has 0 bridgehead atoms. The summed E-state index contributed by atoms with van der Waals surface area (Å²) in [7, 11) is 1.66. The fourth-order valence-electron chi connectivity index (χ4n) is 3.10. The Morgan fingerprint density at radius 2 is 1.93 bits per heavy atom. The Hall–Kier alpha value is -3.25. The Bertz CT molecular complexity index is 976. The number of ether oxygens (including phenoxy) is 2. The molecular formula is C21H19ClN4O2. The molecule has 2 heterocycles. The minimum atomic E-state index is 0.0416. The van der Waals surface area contributed by atoms with Gasteiger partial charge in [0.25, 0.3) is 0 Å². The average molecular weight is 395 g/mol. The van der Waals surface area contributed by atoms with Crippen molar-refractivity contribution in [3.63, 3.8) is 0 Å². The van der Waals surface area contributed by atoms with Crippen LogP contribution in [0.25, 0.3) is 0 Å². The topological polar surface area (TPSA) is 59.5 Å². The van der Waals surface area contributed by atoms with Crippen molar-refractivity contribution in [2.45, 2.75) is 6.04 Å². The molecule has 2 aromatic carbocycles. The molecule has 0 aliphatic carbocycles. The molecule has 1 fully saturated rings. The molecule has 28 heavy (non-hydrogen) atoms. The van der Waals surface area contributed by atoms with Gasteiger partial charge in [0.2, 0.25) is 5.88 Å². The van der Waals surface area contributed by atoms with Crippen LogP contribution in [-0.2, 0) is 0 Å². The second-order valence-electron chi connectivity index (χ2n) is 6.26. The van der Waals surface area contributed by atoms with Gasteiger partial charge in [0, 0.05) is 11.6 Å². The van der Waals surface area contributed by atoms with Gasteiger partial charge >= 0.3 is 0 Å². The van der Waals surface area contributed by atoms with Crippen LogP contribution in [0.4, 0.5) is 5.82 Å². The summed E-state index contributed by atoms with van der Waals surface area (Å²) in [4.78, 5) is 10.9. The van der Waals surface area contributed by atoms with Crippen molar-refractivity contribution in [3.8, 4) is 17.4 Å². The highest BCUT2D eigenvalue weighted by Gasteiger charge is 2.30. The van der Waals surface area contributed by atoms with Crippen LogP contribution >= 0.6 is 11.6 Å². The minimum absolute atomic E-state index is 0.0416. The largest absolute Gasteiger partial charge is 0.497 e. The monoisotopic (exact) mass is 394 g/mol. The van der Waals surface area contributed by atoms with Gasteiger partial charge in [-0.25, -0.2) is 9.97 Å². The third kappa shape index (κ3) is 3.73. The molecule has 7 heteroatoms. The molecule has 142 valence electrons. The van der Waals surface area contributed by atoms with Crippen LogP contribution in [0.15, 0.2) is 73.3 Å². The minimum Gasteiger partial charge on any atom is -0.497 e. The van der Waals surface area contributed by atoms with E-state index < -0.39 is 0 Å². The number of halogens is 1. The number of hydrogen-bond acceptors (Lipinski definition) is 6. The quantitative estimate of drug-likeness (QED) is 0.684. The molecular weight excluding hydrogens is 376 g/mol. The molecule has 0 spiro atoms. The lowest BCUT2D eigenvalue weighted by atomic mass is 10.1. The smallest absolute Gasteiger partial charge is 0.237 e. The standard InChI is InChI=1S/C21H19ClN4O2/c1-14-23-11-19(15-4-3-5-18(10-15)27-2)26(14)20-12-25-21(13-24-20)28-17-8-6-16(22)7-9-17/h3-10,12-13,19,23H,1,11H2,2H3. The number of benzene rings is 2. The van der Waals surface area contributed by atoms with E-state index in [9.17, 15) is 0 Å². The first-order valence-electron chi connectivity index (χ1n) is 8.75. The van der Waals surface area contributed by atoms with Crippen LogP contribution < -0.4 is 19.7 Å². The van der Waals surface area contributed by atoms with Gasteiger partial charge in [0.1, 0.15) is 17.3 Å². The Balaban J connectivity index is 1.56. The van der Waals surface area contributed by atoms with Crippen molar-refractivity contribution in [1.29, 1.82) is 0 Å². The summed E-state index contributed by atoms with van der Waals surface area (Å²) in [5.74, 6) is 3.32. The third-order valence-electron chi connectivity index (χ3n) is 4.48. The van der Waals surface area contributed by atoms with Gasteiger partial charge in [0.15, 0.2) is 5.82 Å². The predicted octanol–water partition coefficient (Wildman–Crippen LogP) is 4.55. The average Bonchev–Trinajstić information content (AvgIpc) is 3.12. The number of nitrogens with zero attached hydrogens (tertiary/aromatic N) is 3. The molecule has 4 rings (SSSR count). The molecule has 1 aliphatic rings. The van der Waals surface area contributed by atoms with Crippen molar-refractivity contribution >= 4 is 17.4 Å². The Morgan fingerprint density at radius 3 is 2.64 bits per heavy atom.